The second kappa shape index (κ2) is 5.85. The van der Waals surface area contributed by atoms with Gasteiger partial charge in [0.15, 0.2) is 5.78 Å². The zero-order valence-corrected chi connectivity index (χ0v) is 9.32. The lowest BCUT2D eigenvalue weighted by Crippen LogP contribution is -2.30. The molecule has 0 saturated heterocycles. The standard InChI is InChI=1S/C11H14N2O3/c1-8-3-4-12-9(5-8)6-10(14)7-13-11(15)16-2/h3-5H,6-7H2,1-2H3,(H,13,15). The van der Waals surface area contributed by atoms with Crippen LogP contribution < -0.4 is 5.32 Å². The molecule has 16 heavy (non-hydrogen) atoms. The van der Waals surface area contributed by atoms with Gasteiger partial charge in [-0.2, -0.15) is 0 Å². The Hall–Kier alpha value is -1.91. The Balaban J connectivity index is 2.43. The summed E-state index contributed by atoms with van der Waals surface area (Å²) in [4.78, 5) is 26.2. The van der Waals surface area contributed by atoms with Gasteiger partial charge in [0.25, 0.3) is 0 Å². The van der Waals surface area contributed by atoms with Crippen molar-refractivity contribution in [3.8, 4) is 0 Å². The highest BCUT2D eigenvalue weighted by Crippen LogP contribution is 2.00. The van der Waals surface area contributed by atoms with Gasteiger partial charge in [-0.25, -0.2) is 4.79 Å². The molecule has 0 aliphatic rings. The maximum absolute atomic E-state index is 11.4. The van der Waals surface area contributed by atoms with Gasteiger partial charge in [0, 0.05) is 11.9 Å². The summed E-state index contributed by atoms with van der Waals surface area (Å²) in [7, 11) is 1.25. The molecule has 0 bridgehead atoms. The van der Waals surface area contributed by atoms with Gasteiger partial charge in [0.1, 0.15) is 0 Å². The number of ether oxygens (including phenoxy) is 1. The van der Waals surface area contributed by atoms with E-state index < -0.39 is 6.09 Å². The molecule has 0 atom stereocenters. The molecule has 0 aromatic carbocycles. The predicted molar refractivity (Wildman–Crippen MR) is 58.1 cm³/mol. The molecule has 0 unspecified atom stereocenters. The normalized spacial score (nSPS) is 9.62. The molecule has 0 aliphatic carbocycles. The highest BCUT2D eigenvalue weighted by atomic mass is 16.5. The van der Waals surface area contributed by atoms with Crippen LogP contribution in [-0.4, -0.2) is 30.5 Å². The van der Waals surface area contributed by atoms with Gasteiger partial charge in [0.05, 0.1) is 20.1 Å². The van der Waals surface area contributed by atoms with E-state index in [1.54, 1.807) is 6.20 Å². The number of rotatable bonds is 4. The molecule has 1 amide bonds. The topological polar surface area (TPSA) is 68.3 Å². The number of hydrogen-bond donors (Lipinski definition) is 1. The van der Waals surface area contributed by atoms with Crippen LogP contribution in [-0.2, 0) is 16.0 Å². The average Bonchev–Trinajstić information content (AvgIpc) is 2.26. The summed E-state index contributed by atoms with van der Waals surface area (Å²) >= 11 is 0. The number of nitrogens with zero attached hydrogens (tertiary/aromatic N) is 1. The Morgan fingerprint density at radius 1 is 1.50 bits per heavy atom. The van der Waals surface area contributed by atoms with Crippen LogP contribution in [0.4, 0.5) is 4.79 Å². The largest absolute Gasteiger partial charge is 0.453 e. The Morgan fingerprint density at radius 2 is 2.25 bits per heavy atom. The lowest BCUT2D eigenvalue weighted by molar-refractivity contribution is -0.117. The van der Waals surface area contributed by atoms with E-state index in [0.717, 1.165) is 5.56 Å². The summed E-state index contributed by atoms with van der Waals surface area (Å²) in [5, 5.41) is 2.33. The first-order valence-corrected chi connectivity index (χ1v) is 4.87. The number of methoxy groups -OCH3 is 1. The van der Waals surface area contributed by atoms with E-state index in [2.05, 4.69) is 15.0 Å². The van der Waals surface area contributed by atoms with Gasteiger partial charge in [-0.1, -0.05) is 0 Å². The number of nitrogens with one attached hydrogen (secondary N) is 1. The molecule has 1 aromatic rings. The minimum Gasteiger partial charge on any atom is -0.453 e. The summed E-state index contributed by atoms with van der Waals surface area (Å²) in [6, 6.07) is 3.71. The van der Waals surface area contributed by atoms with Crippen LogP contribution in [0.5, 0.6) is 0 Å². The zero-order valence-electron chi connectivity index (χ0n) is 9.32. The fourth-order valence-corrected chi connectivity index (χ4v) is 1.20. The lowest BCUT2D eigenvalue weighted by Gasteiger charge is -2.03. The van der Waals surface area contributed by atoms with Crippen molar-refractivity contribution >= 4 is 11.9 Å². The molecule has 1 N–H and O–H groups in total. The van der Waals surface area contributed by atoms with Crippen LogP contribution >= 0.6 is 0 Å². The third-order valence-corrected chi connectivity index (χ3v) is 1.97. The molecule has 1 aromatic heterocycles. The van der Waals surface area contributed by atoms with Crippen LogP contribution in [0.1, 0.15) is 11.3 Å². The number of Topliss-reactive ketones (excluding diaryl/α,β-unsaturated/α-hetero) is 1. The summed E-state index contributed by atoms with van der Waals surface area (Å²) in [6.07, 6.45) is 1.27. The summed E-state index contributed by atoms with van der Waals surface area (Å²) in [5.74, 6) is -0.108. The van der Waals surface area contributed by atoms with Crippen molar-refractivity contribution in [1.82, 2.24) is 10.3 Å². The van der Waals surface area contributed by atoms with Crippen LogP contribution in [0, 0.1) is 6.92 Å². The maximum atomic E-state index is 11.4. The van der Waals surface area contributed by atoms with Gasteiger partial charge < -0.3 is 10.1 Å². The minimum absolute atomic E-state index is 0.0394. The van der Waals surface area contributed by atoms with Crippen molar-refractivity contribution in [2.24, 2.45) is 0 Å². The predicted octanol–water partition coefficient (Wildman–Crippen LogP) is 0.858. The van der Waals surface area contributed by atoms with Crippen LogP contribution in [0.15, 0.2) is 18.3 Å². The molecule has 0 saturated carbocycles. The maximum Gasteiger partial charge on any atom is 0.407 e. The highest BCUT2D eigenvalue weighted by molar-refractivity contribution is 5.85. The number of alkyl carbamates (subject to hydrolysis) is 1. The third-order valence-electron chi connectivity index (χ3n) is 1.97. The first-order valence-electron chi connectivity index (χ1n) is 4.87. The van der Waals surface area contributed by atoms with E-state index in [1.807, 2.05) is 19.1 Å². The summed E-state index contributed by atoms with van der Waals surface area (Å²) in [6.45, 7) is 1.89. The smallest absolute Gasteiger partial charge is 0.407 e. The number of aromatic nitrogens is 1. The molecule has 0 fully saturated rings. The zero-order chi connectivity index (χ0) is 12.0. The first kappa shape index (κ1) is 12.2. The SMILES string of the molecule is COC(=O)NCC(=O)Cc1cc(C)ccn1. The molecule has 5 heteroatoms. The average molecular weight is 222 g/mol. The Bertz CT molecular complexity index is 391. The van der Waals surface area contributed by atoms with Gasteiger partial charge in [0.2, 0.25) is 0 Å². The second-order valence-electron chi connectivity index (χ2n) is 3.39. The first-order chi connectivity index (χ1) is 7.61. The number of pyridine rings is 1. The summed E-state index contributed by atoms with van der Waals surface area (Å²) < 4.78 is 4.35. The molecular formula is C11H14N2O3. The van der Waals surface area contributed by atoms with Crippen molar-refractivity contribution in [2.45, 2.75) is 13.3 Å². The van der Waals surface area contributed by atoms with Crippen LogP contribution in [0.2, 0.25) is 0 Å². The number of aryl methyl sites for hydroxylation is 1. The number of carbonyl (C=O) groups is 2. The highest BCUT2D eigenvalue weighted by Gasteiger charge is 2.07. The second-order valence-corrected chi connectivity index (χ2v) is 3.39. The molecule has 0 spiro atoms. The number of ketones is 1. The van der Waals surface area contributed by atoms with Gasteiger partial charge in [-0.3, -0.25) is 9.78 Å². The quantitative estimate of drug-likeness (QED) is 0.820. The van der Waals surface area contributed by atoms with E-state index in [1.165, 1.54) is 7.11 Å². The third kappa shape index (κ3) is 4.08. The van der Waals surface area contributed by atoms with E-state index in [-0.39, 0.29) is 18.7 Å². The number of hydrogen-bond acceptors (Lipinski definition) is 4. The van der Waals surface area contributed by atoms with Crippen LogP contribution in [0.3, 0.4) is 0 Å². The molecule has 86 valence electrons. The minimum atomic E-state index is -0.606. The lowest BCUT2D eigenvalue weighted by atomic mass is 10.1. The Morgan fingerprint density at radius 3 is 2.88 bits per heavy atom. The number of amides is 1. The van der Waals surface area contributed by atoms with Crippen molar-refractivity contribution in [2.75, 3.05) is 13.7 Å². The molecular weight excluding hydrogens is 208 g/mol. The van der Waals surface area contributed by atoms with Crippen molar-refractivity contribution < 1.29 is 14.3 Å². The van der Waals surface area contributed by atoms with Crippen molar-refractivity contribution in [3.05, 3.63) is 29.6 Å². The van der Waals surface area contributed by atoms with Crippen molar-refractivity contribution in [3.63, 3.8) is 0 Å². The molecule has 1 rings (SSSR count). The van der Waals surface area contributed by atoms with E-state index in [9.17, 15) is 9.59 Å². The molecule has 0 aliphatic heterocycles. The molecule has 1 heterocycles. The molecule has 0 radical (unpaired) electrons. The number of carbonyl (C=O) groups excluding carboxylic acids is 2. The van der Waals surface area contributed by atoms with Gasteiger partial charge in [-0.15, -0.1) is 0 Å². The van der Waals surface area contributed by atoms with Gasteiger partial charge in [-0.05, 0) is 24.6 Å². The Kier molecular flexibility index (Phi) is 4.44. The fraction of sp³-hybridized carbons (Fsp3) is 0.364. The van der Waals surface area contributed by atoms with E-state index in [4.69, 9.17) is 0 Å². The van der Waals surface area contributed by atoms with Crippen molar-refractivity contribution in [1.29, 1.82) is 0 Å². The fourth-order valence-electron chi connectivity index (χ4n) is 1.20. The Labute approximate surface area is 93.8 Å². The van der Waals surface area contributed by atoms with E-state index >= 15 is 0 Å². The summed E-state index contributed by atoms with van der Waals surface area (Å²) in [5.41, 5.74) is 1.76. The van der Waals surface area contributed by atoms with Gasteiger partial charge >= 0.3 is 6.09 Å². The molecule has 5 nitrogen and oxygen atoms in total. The van der Waals surface area contributed by atoms with E-state index in [0.29, 0.717) is 5.69 Å². The van der Waals surface area contributed by atoms with Crippen LogP contribution in [0.25, 0.3) is 0 Å². The monoisotopic (exact) mass is 222 g/mol.